The van der Waals surface area contributed by atoms with Crippen molar-refractivity contribution >= 4 is 0 Å². The fourth-order valence-electron chi connectivity index (χ4n) is 5.65. The minimum Gasteiger partial charge on any atom is -0.471 e. The smallest absolute Gasteiger partial charge is 0.232 e. The lowest BCUT2D eigenvalue weighted by atomic mass is 9.77. The van der Waals surface area contributed by atoms with Gasteiger partial charge >= 0.3 is 0 Å². The Bertz CT molecular complexity index is 757. The van der Waals surface area contributed by atoms with E-state index in [2.05, 4.69) is 37.5 Å². The summed E-state index contributed by atoms with van der Waals surface area (Å²) in [5, 5.41) is 0. The highest BCUT2D eigenvalue weighted by molar-refractivity contribution is 5.07. The lowest BCUT2D eigenvalue weighted by molar-refractivity contribution is 0.0501. The molecule has 144 valence electrons. The van der Waals surface area contributed by atoms with Crippen LogP contribution in [-0.4, -0.2) is 49.7 Å². The predicted octanol–water partition coefficient (Wildman–Crippen LogP) is 3.25. The van der Waals surface area contributed by atoms with E-state index in [4.69, 9.17) is 4.74 Å². The van der Waals surface area contributed by atoms with Gasteiger partial charge in [-0.3, -0.25) is 9.88 Å². The third kappa shape index (κ3) is 3.35. The highest BCUT2D eigenvalue weighted by Gasteiger charge is 2.45. The van der Waals surface area contributed by atoms with Gasteiger partial charge < -0.3 is 9.30 Å². The maximum atomic E-state index is 6.37. The summed E-state index contributed by atoms with van der Waals surface area (Å²) in [5.74, 6) is 3.19. The van der Waals surface area contributed by atoms with Crippen LogP contribution in [0.2, 0.25) is 0 Å². The Morgan fingerprint density at radius 3 is 2.52 bits per heavy atom. The molecule has 4 atom stereocenters. The third-order valence-corrected chi connectivity index (χ3v) is 6.99. The van der Waals surface area contributed by atoms with Crippen LogP contribution in [-0.2, 0) is 0 Å². The molecule has 0 spiro atoms. The minimum absolute atomic E-state index is 0.124. The molecule has 3 fully saturated rings. The summed E-state index contributed by atoms with van der Waals surface area (Å²) in [5.41, 5.74) is 0. The van der Waals surface area contributed by atoms with E-state index in [9.17, 15) is 0 Å². The van der Waals surface area contributed by atoms with Crippen LogP contribution in [0.3, 0.4) is 0 Å². The van der Waals surface area contributed by atoms with Crippen molar-refractivity contribution in [2.45, 2.75) is 63.6 Å². The summed E-state index contributed by atoms with van der Waals surface area (Å²) in [6, 6.07) is 1.14. The number of imidazole rings is 1. The average molecular weight is 367 g/mol. The molecule has 0 N–H and O–H groups in total. The van der Waals surface area contributed by atoms with Crippen LogP contribution >= 0.6 is 0 Å². The molecule has 3 heterocycles. The number of aryl methyl sites for hydroxylation is 1. The molecule has 1 aliphatic heterocycles. The summed E-state index contributed by atoms with van der Waals surface area (Å²) in [6.45, 7) is 4.59. The van der Waals surface area contributed by atoms with Crippen molar-refractivity contribution in [3.63, 3.8) is 0 Å². The SMILES string of the molecule is Cc1nccn1[C@H]1C[C@H]2CN(C3CCCC3)C[C@H]2C[C@@H]1Oc1cnccn1. The lowest BCUT2D eigenvalue weighted by Crippen LogP contribution is -2.40. The first-order valence-corrected chi connectivity index (χ1v) is 10.4. The monoisotopic (exact) mass is 367 g/mol. The Kier molecular flexibility index (Phi) is 4.60. The molecule has 5 rings (SSSR count). The molecule has 2 aromatic rings. The second-order valence-corrected chi connectivity index (χ2v) is 8.53. The van der Waals surface area contributed by atoms with E-state index in [-0.39, 0.29) is 6.10 Å². The Labute approximate surface area is 161 Å². The molecule has 0 bridgehead atoms. The molecule has 2 aromatic heterocycles. The molecule has 2 aliphatic carbocycles. The number of rotatable bonds is 4. The van der Waals surface area contributed by atoms with E-state index in [1.807, 2.05) is 6.20 Å². The van der Waals surface area contributed by atoms with Crippen molar-refractivity contribution in [1.82, 2.24) is 24.4 Å². The average Bonchev–Trinajstić information content (AvgIpc) is 3.42. The van der Waals surface area contributed by atoms with E-state index >= 15 is 0 Å². The standard InChI is InChI=1S/C21H29N5O/c1-15-23-8-9-26(15)19-10-16-13-25(18-4-2-3-5-18)14-17(16)11-20(19)27-21-12-22-6-7-24-21/h6-9,12,16-20H,2-5,10-11,13-14H2,1H3/t16-,17+,19-,20-/m0/s1. The summed E-state index contributed by atoms with van der Waals surface area (Å²) >= 11 is 0. The molecule has 0 aromatic carbocycles. The van der Waals surface area contributed by atoms with E-state index in [1.165, 1.54) is 38.8 Å². The van der Waals surface area contributed by atoms with E-state index in [0.717, 1.165) is 36.5 Å². The molecular formula is C21H29N5O. The molecule has 6 heteroatoms. The number of likely N-dealkylation sites (tertiary alicyclic amines) is 1. The van der Waals surface area contributed by atoms with Crippen molar-refractivity contribution in [2.75, 3.05) is 13.1 Å². The highest BCUT2D eigenvalue weighted by Crippen LogP contribution is 2.44. The van der Waals surface area contributed by atoms with Crippen molar-refractivity contribution in [1.29, 1.82) is 0 Å². The number of ether oxygens (including phenoxy) is 1. The first-order chi connectivity index (χ1) is 13.3. The van der Waals surface area contributed by atoms with Crippen molar-refractivity contribution in [3.05, 3.63) is 36.8 Å². The van der Waals surface area contributed by atoms with Gasteiger partial charge in [0, 0.05) is 43.9 Å². The second kappa shape index (κ2) is 7.23. The fourth-order valence-corrected chi connectivity index (χ4v) is 5.65. The number of fused-ring (bicyclic) bond motifs is 1. The molecule has 3 aliphatic rings. The van der Waals surface area contributed by atoms with Gasteiger partial charge in [0.05, 0.1) is 12.2 Å². The Balaban J connectivity index is 1.37. The summed E-state index contributed by atoms with van der Waals surface area (Å²) in [4.78, 5) is 15.8. The zero-order valence-corrected chi connectivity index (χ0v) is 16.1. The topological polar surface area (TPSA) is 56.1 Å². The van der Waals surface area contributed by atoms with Crippen LogP contribution in [0, 0.1) is 18.8 Å². The van der Waals surface area contributed by atoms with Crippen LogP contribution in [0.25, 0.3) is 0 Å². The Morgan fingerprint density at radius 2 is 1.81 bits per heavy atom. The summed E-state index contributed by atoms with van der Waals surface area (Å²) < 4.78 is 8.69. The first-order valence-electron chi connectivity index (χ1n) is 10.4. The van der Waals surface area contributed by atoms with Gasteiger partial charge in [-0.15, -0.1) is 0 Å². The van der Waals surface area contributed by atoms with Gasteiger partial charge in [-0.25, -0.2) is 9.97 Å². The maximum Gasteiger partial charge on any atom is 0.232 e. The molecule has 1 saturated heterocycles. The van der Waals surface area contributed by atoms with Crippen molar-refractivity contribution < 1.29 is 4.74 Å². The molecule has 27 heavy (non-hydrogen) atoms. The van der Waals surface area contributed by atoms with Gasteiger partial charge in [0.15, 0.2) is 0 Å². The highest BCUT2D eigenvalue weighted by atomic mass is 16.5. The number of nitrogens with zero attached hydrogens (tertiary/aromatic N) is 5. The summed E-state index contributed by atoms with van der Waals surface area (Å²) in [6.07, 6.45) is 17.1. The van der Waals surface area contributed by atoms with Crippen molar-refractivity contribution in [2.24, 2.45) is 11.8 Å². The maximum absolute atomic E-state index is 6.37. The molecule has 2 saturated carbocycles. The van der Waals surface area contributed by atoms with Gasteiger partial charge in [0.1, 0.15) is 11.9 Å². The molecule has 0 amide bonds. The van der Waals surface area contributed by atoms with Crippen molar-refractivity contribution in [3.8, 4) is 5.88 Å². The van der Waals surface area contributed by atoms with Crippen LogP contribution in [0.4, 0.5) is 0 Å². The van der Waals surface area contributed by atoms with Crippen LogP contribution in [0.5, 0.6) is 5.88 Å². The zero-order valence-electron chi connectivity index (χ0n) is 16.1. The number of hydrogen-bond donors (Lipinski definition) is 0. The third-order valence-electron chi connectivity index (χ3n) is 6.99. The van der Waals surface area contributed by atoms with Gasteiger partial charge in [0.2, 0.25) is 5.88 Å². The predicted molar refractivity (Wildman–Crippen MR) is 102 cm³/mol. The van der Waals surface area contributed by atoms with Gasteiger partial charge in [-0.1, -0.05) is 12.8 Å². The normalized spacial score (nSPS) is 31.9. The fraction of sp³-hybridized carbons (Fsp3) is 0.667. The zero-order chi connectivity index (χ0) is 18.2. The largest absolute Gasteiger partial charge is 0.471 e. The lowest BCUT2D eigenvalue weighted by Gasteiger charge is -2.38. The molecule has 0 radical (unpaired) electrons. The van der Waals surface area contributed by atoms with Gasteiger partial charge in [-0.2, -0.15) is 0 Å². The van der Waals surface area contributed by atoms with Crippen LogP contribution < -0.4 is 4.74 Å². The van der Waals surface area contributed by atoms with E-state index in [1.54, 1.807) is 18.6 Å². The van der Waals surface area contributed by atoms with Gasteiger partial charge in [-0.05, 0) is 44.4 Å². The Morgan fingerprint density at radius 1 is 1.00 bits per heavy atom. The quantitative estimate of drug-likeness (QED) is 0.830. The van der Waals surface area contributed by atoms with E-state index < -0.39 is 0 Å². The first kappa shape index (κ1) is 17.2. The van der Waals surface area contributed by atoms with Crippen LogP contribution in [0.15, 0.2) is 31.0 Å². The van der Waals surface area contributed by atoms with Crippen LogP contribution in [0.1, 0.15) is 50.4 Å². The van der Waals surface area contributed by atoms with Gasteiger partial charge in [0.25, 0.3) is 0 Å². The summed E-state index contributed by atoms with van der Waals surface area (Å²) in [7, 11) is 0. The minimum atomic E-state index is 0.124. The Hall–Kier alpha value is -1.95. The molecular weight excluding hydrogens is 338 g/mol. The second-order valence-electron chi connectivity index (χ2n) is 8.53. The van der Waals surface area contributed by atoms with E-state index in [0.29, 0.717) is 11.9 Å². The number of hydrogen-bond acceptors (Lipinski definition) is 5. The number of aromatic nitrogens is 4. The molecule has 6 nitrogen and oxygen atoms in total. The molecule has 0 unspecified atom stereocenters.